The van der Waals surface area contributed by atoms with Gasteiger partial charge in [0.25, 0.3) is 0 Å². The van der Waals surface area contributed by atoms with Crippen molar-refractivity contribution in [3.05, 3.63) is 23.3 Å². The first kappa shape index (κ1) is 10.6. The topological polar surface area (TPSA) is 63.1 Å². The summed E-state index contributed by atoms with van der Waals surface area (Å²) in [6, 6.07) is 0. The zero-order valence-corrected chi connectivity index (χ0v) is 8.45. The van der Waals surface area contributed by atoms with E-state index in [0.29, 0.717) is 0 Å². The summed E-state index contributed by atoms with van der Waals surface area (Å²) >= 11 is 0. The Morgan fingerprint density at radius 3 is 2.14 bits per heavy atom. The lowest BCUT2D eigenvalue weighted by molar-refractivity contribution is -0.136. The van der Waals surface area contributed by atoms with E-state index < -0.39 is 5.97 Å². The Labute approximate surface area is 83.0 Å². The molecule has 0 aliphatic rings. The quantitative estimate of drug-likeness (QED) is 0.783. The van der Waals surface area contributed by atoms with Gasteiger partial charge in [-0.2, -0.15) is 0 Å². The Balaban J connectivity index is 3.12. The maximum atomic E-state index is 10.6. The van der Waals surface area contributed by atoms with E-state index in [1.54, 1.807) is 0 Å². The van der Waals surface area contributed by atoms with E-state index in [9.17, 15) is 4.79 Å². The van der Waals surface area contributed by atoms with Gasteiger partial charge in [0.15, 0.2) is 0 Å². The molecule has 0 amide bonds. The van der Waals surface area contributed by atoms with Crippen molar-refractivity contribution in [2.45, 2.75) is 33.1 Å². The van der Waals surface area contributed by atoms with Gasteiger partial charge in [-0.25, -0.2) is 9.97 Å². The molecule has 0 atom stereocenters. The molecule has 1 heterocycles. The number of rotatable bonds is 4. The number of carbonyl (C=O) groups is 1. The minimum atomic E-state index is -0.829. The second-order valence-electron chi connectivity index (χ2n) is 3.02. The highest BCUT2D eigenvalue weighted by atomic mass is 16.4. The Bertz CT molecular complexity index is 315. The molecule has 0 aliphatic carbocycles. The lowest BCUT2D eigenvalue weighted by Gasteiger charge is -2.08. The predicted molar refractivity (Wildman–Crippen MR) is 52.1 cm³/mol. The zero-order chi connectivity index (χ0) is 10.6. The summed E-state index contributed by atoms with van der Waals surface area (Å²) in [7, 11) is 0. The highest BCUT2D eigenvalue weighted by Gasteiger charge is 2.11. The molecule has 4 nitrogen and oxygen atoms in total. The number of hydrogen-bond acceptors (Lipinski definition) is 3. The number of carboxylic acids is 1. The highest BCUT2D eigenvalue weighted by molar-refractivity contribution is 5.70. The number of nitrogens with zero attached hydrogens (tertiary/aromatic N) is 2. The molecular weight excluding hydrogens is 180 g/mol. The Morgan fingerprint density at radius 1 is 1.29 bits per heavy atom. The number of aliphatic carboxylic acids is 1. The van der Waals surface area contributed by atoms with E-state index in [1.807, 2.05) is 13.8 Å². The van der Waals surface area contributed by atoms with Crippen LogP contribution in [0.4, 0.5) is 0 Å². The maximum absolute atomic E-state index is 10.6. The molecule has 0 bridgehead atoms. The Kier molecular flexibility index (Phi) is 3.56. The number of aryl methyl sites for hydroxylation is 2. The largest absolute Gasteiger partial charge is 0.481 e. The fraction of sp³-hybridized carbons (Fsp3) is 0.500. The minimum absolute atomic E-state index is 0.0210. The molecule has 1 aromatic rings. The van der Waals surface area contributed by atoms with Gasteiger partial charge >= 0.3 is 5.97 Å². The summed E-state index contributed by atoms with van der Waals surface area (Å²) < 4.78 is 0. The molecule has 0 unspecified atom stereocenters. The van der Waals surface area contributed by atoms with Gasteiger partial charge in [-0.3, -0.25) is 4.79 Å². The van der Waals surface area contributed by atoms with Crippen LogP contribution in [0.3, 0.4) is 0 Å². The molecule has 0 aliphatic heterocycles. The van der Waals surface area contributed by atoms with Crippen molar-refractivity contribution in [1.82, 2.24) is 9.97 Å². The molecule has 1 N–H and O–H groups in total. The van der Waals surface area contributed by atoms with E-state index >= 15 is 0 Å². The van der Waals surface area contributed by atoms with Crippen molar-refractivity contribution in [3.8, 4) is 0 Å². The zero-order valence-electron chi connectivity index (χ0n) is 8.45. The van der Waals surface area contributed by atoms with Gasteiger partial charge in [-0.05, 0) is 12.8 Å². The minimum Gasteiger partial charge on any atom is -0.481 e. The SMILES string of the molecule is CCc1ncnc(CC)c1CC(=O)O. The third-order valence-corrected chi connectivity index (χ3v) is 2.12. The fourth-order valence-electron chi connectivity index (χ4n) is 1.46. The molecule has 1 aromatic heterocycles. The molecule has 4 heteroatoms. The van der Waals surface area contributed by atoms with Crippen molar-refractivity contribution in [3.63, 3.8) is 0 Å². The van der Waals surface area contributed by atoms with Crippen molar-refractivity contribution in [2.24, 2.45) is 0 Å². The van der Waals surface area contributed by atoms with Crippen LogP contribution in [0.2, 0.25) is 0 Å². The second kappa shape index (κ2) is 4.69. The first-order valence-corrected chi connectivity index (χ1v) is 4.72. The fourth-order valence-corrected chi connectivity index (χ4v) is 1.46. The van der Waals surface area contributed by atoms with Gasteiger partial charge in [0.05, 0.1) is 6.42 Å². The lowest BCUT2D eigenvalue weighted by Crippen LogP contribution is -2.09. The van der Waals surface area contributed by atoms with E-state index in [0.717, 1.165) is 29.8 Å². The number of hydrogen-bond donors (Lipinski definition) is 1. The molecule has 0 fully saturated rings. The van der Waals surface area contributed by atoms with Crippen LogP contribution in [-0.2, 0) is 24.1 Å². The van der Waals surface area contributed by atoms with E-state index in [2.05, 4.69) is 9.97 Å². The van der Waals surface area contributed by atoms with Gasteiger partial charge in [0.2, 0.25) is 0 Å². The predicted octanol–water partition coefficient (Wildman–Crippen LogP) is 1.23. The summed E-state index contributed by atoms with van der Waals surface area (Å²) in [4.78, 5) is 18.8. The summed E-state index contributed by atoms with van der Waals surface area (Å²) in [6.45, 7) is 3.93. The van der Waals surface area contributed by atoms with Crippen LogP contribution in [0.1, 0.15) is 30.8 Å². The standard InChI is InChI=1S/C10H14N2O2/c1-3-8-7(5-10(13)14)9(4-2)12-6-11-8/h6H,3-5H2,1-2H3,(H,13,14). The normalized spacial score (nSPS) is 10.1. The summed E-state index contributed by atoms with van der Waals surface area (Å²) in [6.07, 6.45) is 3.02. The van der Waals surface area contributed by atoms with Crippen LogP contribution in [0.25, 0.3) is 0 Å². The number of carboxylic acid groups (broad SMARTS) is 1. The van der Waals surface area contributed by atoms with Crippen molar-refractivity contribution in [1.29, 1.82) is 0 Å². The van der Waals surface area contributed by atoms with Gasteiger partial charge in [-0.1, -0.05) is 13.8 Å². The average molecular weight is 194 g/mol. The van der Waals surface area contributed by atoms with E-state index in [-0.39, 0.29) is 6.42 Å². The van der Waals surface area contributed by atoms with Gasteiger partial charge in [-0.15, -0.1) is 0 Å². The summed E-state index contributed by atoms with van der Waals surface area (Å²) in [5.41, 5.74) is 2.48. The molecule has 1 rings (SSSR count). The van der Waals surface area contributed by atoms with Crippen LogP contribution in [0.5, 0.6) is 0 Å². The first-order valence-electron chi connectivity index (χ1n) is 4.72. The molecule has 14 heavy (non-hydrogen) atoms. The average Bonchev–Trinajstić information content (AvgIpc) is 2.17. The smallest absolute Gasteiger partial charge is 0.307 e. The van der Waals surface area contributed by atoms with E-state index in [1.165, 1.54) is 6.33 Å². The molecule has 0 spiro atoms. The van der Waals surface area contributed by atoms with Crippen LogP contribution in [0.15, 0.2) is 6.33 Å². The monoisotopic (exact) mass is 194 g/mol. The number of aromatic nitrogens is 2. The van der Waals surface area contributed by atoms with Crippen molar-refractivity contribution in [2.75, 3.05) is 0 Å². The first-order chi connectivity index (χ1) is 6.69. The maximum Gasteiger partial charge on any atom is 0.307 e. The van der Waals surface area contributed by atoms with Gasteiger partial charge in [0, 0.05) is 17.0 Å². The summed E-state index contributed by atoms with van der Waals surface area (Å²) in [5.74, 6) is -0.829. The van der Waals surface area contributed by atoms with Crippen LogP contribution in [0, 0.1) is 0 Å². The van der Waals surface area contributed by atoms with E-state index in [4.69, 9.17) is 5.11 Å². The molecule has 76 valence electrons. The van der Waals surface area contributed by atoms with Crippen LogP contribution in [-0.4, -0.2) is 21.0 Å². The highest BCUT2D eigenvalue weighted by Crippen LogP contribution is 2.12. The van der Waals surface area contributed by atoms with Crippen LogP contribution >= 0.6 is 0 Å². The molecule has 0 aromatic carbocycles. The van der Waals surface area contributed by atoms with Gasteiger partial charge < -0.3 is 5.11 Å². The third-order valence-electron chi connectivity index (χ3n) is 2.12. The Hall–Kier alpha value is -1.45. The van der Waals surface area contributed by atoms with Gasteiger partial charge in [0.1, 0.15) is 6.33 Å². The molecule has 0 saturated carbocycles. The second-order valence-corrected chi connectivity index (χ2v) is 3.02. The van der Waals surface area contributed by atoms with Crippen LogP contribution < -0.4 is 0 Å². The van der Waals surface area contributed by atoms with Crippen molar-refractivity contribution < 1.29 is 9.90 Å². The molecule has 0 saturated heterocycles. The molecule has 0 radical (unpaired) electrons. The Morgan fingerprint density at radius 2 is 1.79 bits per heavy atom. The summed E-state index contributed by atoms with van der Waals surface area (Å²) in [5, 5.41) is 8.75. The third kappa shape index (κ3) is 2.28. The molecular formula is C10H14N2O2. The van der Waals surface area contributed by atoms with Crippen molar-refractivity contribution >= 4 is 5.97 Å². The lowest BCUT2D eigenvalue weighted by atomic mass is 10.0.